The standard InChI is InChI=1S/C21H25ClF2N2O3S2.2H2S/c1-10(2)12-7-14(22)19(24)18(11-5-6-11)13(12)8-17(27)26-31(25,29)20-15(23)9-16(30-20)21(3,4)28;;/h7,9-11,28H,5-6,8H2,1-4H3,(H2,25,26,27,29);2*1H2. The van der Waals surface area contributed by atoms with Gasteiger partial charge in [0.05, 0.1) is 17.0 Å². The third-order valence-corrected chi connectivity index (χ3v) is 8.76. The van der Waals surface area contributed by atoms with Crippen LogP contribution in [-0.2, 0) is 26.7 Å². The van der Waals surface area contributed by atoms with E-state index in [9.17, 15) is 22.9 Å². The lowest BCUT2D eigenvalue weighted by molar-refractivity contribution is -0.117. The number of amides is 1. The number of hydrogen-bond donors (Lipinski definition) is 2. The molecule has 1 amide bonds. The summed E-state index contributed by atoms with van der Waals surface area (Å²) in [5.74, 6) is -2.35. The number of thiophene rings is 1. The minimum absolute atomic E-state index is 0. The molecule has 33 heavy (non-hydrogen) atoms. The van der Waals surface area contributed by atoms with Gasteiger partial charge in [-0.25, -0.2) is 18.1 Å². The number of carbonyl (C=O) groups excluding carboxylic acids is 1. The molecule has 12 heteroatoms. The largest absolute Gasteiger partial charge is 0.385 e. The maximum absolute atomic E-state index is 14.8. The predicted molar refractivity (Wildman–Crippen MR) is 139 cm³/mol. The van der Waals surface area contributed by atoms with Gasteiger partial charge in [-0.3, -0.25) is 4.79 Å². The van der Waals surface area contributed by atoms with E-state index in [0.29, 0.717) is 28.0 Å². The second kappa shape index (κ2) is 10.9. The van der Waals surface area contributed by atoms with Crippen LogP contribution in [0.4, 0.5) is 8.78 Å². The van der Waals surface area contributed by atoms with Crippen molar-refractivity contribution in [2.24, 2.45) is 9.50 Å². The molecule has 1 atom stereocenters. The first-order chi connectivity index (χ1) is 14.2. The van der Waals surface area contributed by atoms with Crippen LogP contribution < -0.4 is 5.14 Å². The van der Waals surface area contributed by atoms with E-state index in [0.717, 1.165) is 18.9 Å². The van der Waals surface area contributed by atoms with Crippen molar-refractivity contribution in [3.63, 3.8) is 0 Å². The lowest BCUT2D eigenvalue weighted by atomic mass is 9.89. The Balaban J connectivity index is 0.00000272. The quantitative estimate of drug-likeness (QED) is 0.483. The Labute approximate surface area is 216 Å². The molecule has 1 saturated carbocycles. The topological polar surface area (TPSA) is 92.8 Å². The molecule has 2 aromatic rings. The first kappa shape index (κ1) is 30.3. The van der Waals surface area contributed by atoms with Crippen molar-refractivity contribution >= 4 is 65.8 Å². The highest BCUT2D eigenvalue weighted by atomic mass is 35.5. The number of nitrogens with two attached hydrogens (primary N) is 1. The number of carbonyl (C=O) groups is 1. The summed E-state index contributed by atoms with van der Waals surface area (Å²) in [7, 11) is -3.88. The average Bonchev–Trinajstić information content (AvgIpc) is 3.36. The Hall–Kier alpha value is -0.690. The van der Waals surface area contributed by atoms with Crippen LogP contribution in [0.5, 0.6) is 0 Å². The van der Waals surface area contributed by atoms with Gasteiger partial charge in [-0.2, -0.15) is 27.0 Å². The second-order valence-electron chi connectivity index (χ2n) is 8.62. The van der Waals surface area contributed by atoms with Gasteiger partial charge in [0.15, 0.2) is 19.9 Å². The van der Waals surface area contributed by atoms with Gasteiger partial charge in [-0.05, 0) is 67.3 Å². The zero-order chi connectivity index (χ0) is 23.3. The van der Waals surface area contributed by atoms with E-state index in [1.807, 2.05) is 13.8 Å². The van der Waals surface area contributed by atoms with E-state index in [1.165, 1.54) is 19.9 Å². The molecular formula is C21H29ClF2N2O3S4. The fourth-order valence-electron chi connectivity index (χ4n) is 3.44. The summed E-state index contributed by atoms with van der Waals surface area (Å²) < 4.78 is 45.3. The summed E-state index contributed by atoms with van der Waals surface area (Å²) in [5.41, 5.74) is 0.226. The molecule has 0 aliphatic heterocycles. The summed E-state index contributed by atoms with van der Waals surface area (Å²) in [5, 5.41) is 15.8. The van der Waals surface area contributed by atoms with Crippen LogP contribution in [-0.4, -0.2) is 15.2 Å². The first-order valence-electron chi connectivity index (χ1n) is 9.83. The Kier molecular flexibility index (Phi) is 10.0. The minimum atomic E-state index is -3.88. The van der Waals surface area contributed by atoms with Crippen LogP contribution in [0.25, 0.3) is 0 Å². The van der Waals surface area contributed by atoms with E-state index in [4.69, 9.17) is 16.7 Å². The monoisotopic (exact) mass is 558 g/mol. The van der Waals surface area contributed by atoms with Crippen molar-refractivity contribution in [3.8, 4) is 0 Å². The molecule has 1 fully saturated rings. The van der Waals surface area contributed by atoms with Crippen LogP contribution in [0, 0.1) is 11.6 Å². The maximum atomic E-state index is 14.8. The van der Waals surface area contributed by atoms with E-state index in [2.05, 4.69) is 4.36 Å². The van der Waals surface area contributed by atoms with Crippen LogP contribution in [0.15, 0.2) is 20.7 Å². The highest BCUT2D eigenvalue weighted by Gasteiger charge is 2.33. The Bertz CT molecular complexity index is 1170. The van der Waals surface area contributed by atoms with Crippen LogP contribution >= 0.6 is 49.9 Å². The Morgan fingerprint density at radius 1 is 1.33 bits per heavy atom. The van der Waals surface area contributed by atoms with E-state index in [-0.39, 0.29) is 55.1 Å². The van der Waals surface area contributed by atoms with Crippen LogP contribution in [0.1, 0.15) is 73.9 Å². The van der Waals surface area contributed by atoms with Crippen molar-refractivity contribution in [2.75, 3.05) is 0 Å². The van der Waals surface area contributed by atoms with Crippen molar-refractivity contribution in [1.29, 1.82) is 0 Å². The predicted octanol–water partition coefficient (Wildman–Crippen LogP) is 5.60. The summed E-state index contributed by atoms with van der Waals surface area (Å²) in [6.45, 7) is 6.70. The molecule has 0 spiro atoms. The highest BCUT2D eigenvalue weighted by Crippen LogP contribution is 2.46. The molecule has 1 aliphatic rings. The average molecular weight is 559 g/mol. The smallest absolute Gasteiger partial charge is 0.259 e. The zero-order valence-electron chi connectivity index (χ0n) is 18.7. The van der Waals surface area contributed by atoms with Crippen molar-refractivity contribution in [2.45, 2.75) is 68.6 Å². The Morgan fingerprint density at radius 2 is 1.91 bits per heavy atom. The summed E-state index contributed by atoms with van der Waals surface area (Å²) in [6, 6.07) is 2.54. The normalized spacial score (nSPS) is 15.5. The van der Waals surface area contributed by atoms with E-state index in [1.54, 1.807) is 0 Å². The Morgan fingerprint density at radius 3 is 2.36 bits per heavy atom. The SMILES string of the molecule is CC(C)c1cc(Cl)c(F)c(C2CC2)c1CC(=O)N=S(N)(=O)c1sc(C(C)(C)O)cc1F.S.S. The number of rotatable bonds is 6. The fraction of sp³-hybridized carbons (Fsp3) is 0.476. The molecule has 5 nitrogen and oxygen atoms in total. The lowest BCUT2D eigenvalue weighted by Gasteiger charge is -2.18. The van der Waals surface area contributed by atoms with Gasteiger partial charge in [-0.1, -0.05) is 25.4 Å². The number of aliphatic hydroxyl groups is 1. The van der Waals surface area contributed by atoms with Crippen LogP contribution in [0.2, 0.25) is 5.02 Å². The summed E-state index contributed by atoms with van der Waals surface area (Å²) in [6.07, 6.45) is 1.27. The van der Waals surface area contributed by atoms with E-state index < -0.39 is 37.3 Å². The van der Waals surface area contributed by atoms with Crippen molar-refractivity contribution in [1.82, 2.24) is 0 Å². The molecule has 3 rings (SSSR count). The molecule has 0 bridgehead atoms. The number of benzene rings is 1. The summed E-state index contributed by atoms with van der Waals surface area (Å²) >= 11 is 6.78. The van der Waals surface area contributed by atoms with Gasteiger partial charge in [-0.15, -0.1) is 15.7 Å². The molecule has 0 saturated heterocycles. The number of hydrogen-bond acceptors (Lipinski definition) is 4. The molecule has 3 N–H and O–H groups in total. The second-order valence-corrected chi connectivity index (χ2v) is 12.1. The van der Waals surface area contributed by atoms with Gasteiger partial charge in [0, 0.05) is 4.88 Å². The lowest BCUT2D eigenvalue weighted by Crippen LogP contribution is -2.17. The summed E-state index contributed by atoms with van der Waals surface area (Å²) in [4.78, 5) is 12.9. The van der Waals surface area contributed by atoms with E-state index >= 15 is 0 Å². The molecule has 186 valence electrons. The van der Waals surface area contributed by atoms with Gasteiger partial charge in [0.2, 0.25) is 0 Å². The molecule has 1 aromatic carbocycles. The van der Waals surface area contributed by atoms with Gasteiger partial charge in [0.1, 0.15) is 5.82 Å². The molecule has 1 aromatic heterocycles. The minimum Gasteiger partial charge on any atom is -0.385 e. The highest BCUT2D eigenvalue weighted by molar-refractivity contribution is 7.93. The zero-order valence-corrected chi connectivity index (χ0v) is 23.1. The molecular weight excluding hydrogens is 530 g/mol. The molecule has 1 unspecified atom stereocenters. The van der Waals surface area contributed by atoms with Crippen molar-refractivity contribution < 1.29 is 22.9 Å². The third kappa shape index (κ3) is 6.71. The number of nitrogens with zero attached hydrogens (tertiary/aromatic N) is 1. The molecule has 0 radical (unpaired) electrons. The van der Waals surface area contributed by atoms with Gasteiger partial charge >= 0.3 is 0 Å². The fourth-order valence-corrected chi connectivity index (χ4v) is 6.08. The first-order valence-corrected chi connectivity index (χ1v) is 12.6. The van der Waals surface area contributed by atoms with Crippen molar-refractivity contribution in [3.05, 3.63) is 50.4 Å². The molecule has 1 aliphatic carbocycles. The maximum Gasteiger partial charge on any atom is 0.259 e. The van der Waals surface area contributed by atoms with Crippen LogP contribution in [0.3, 0.4) is 0 Å². The van der Waals surface area contributed by atoms with Gasteiger partial charge < -0.3 is 5.11 Å². The van der Waals surface area contributed by atoms with Gasteiger partial charge in [0.25, 0.3) is 5.91 Å². The third-order valence-electron chi connectivity index (χ3n) is 5.10. The number of halogens is 3. The molecule has 1 heterocycles.